The molecule has 2 aliphatic rings. The largest absolute Gasteiger partial charge is 0.506 e. The third-order valence-corrected chi connectivity index (χ3v) is 9.38. The number of ether oxygens (including phenoxy) is 1. The number of aromatic hydroxyl groups is 1. The molecule has 4 heterocycles. The number of pyridine rings is 1. The monoisotopic (exact) mass is 674 g/mol. The van der Waals surface area contributed by atoms with E-state index in [0.29, 0.717) is 49.6 Å². The summed E-state index contributed by atoms with van der Waals surface area (Å²) in [6.45, 7) is 3.65. The maximum absolute atomic E-state index is 9.94. The van der Waals surface area contributed by atoms with E-state index in [1.807, 2.05) is 35.1 Å². The number of anilines is 3. The van der Waals surface area contributed by atoms with E-state index in [9.17, 15) is 10.4 Å². The fraction of sp³-hybridized carbons (Fsp3) is 0.273. The third kappa shape index (κ3) is 6.17. The standard InChI is InChI=1S/C33H29Cl3N8O2/c34-21-3-1-19(2-4-21)32(29-16-44(42-41-29)24-7-9-43(10-8-24)25-17-46-18-25)40-28-12-22(35)11-26-31(20(14-37)15-38-33(26)28)39-23-5-6-30(45)27(36)13-23/h1-6,11-13,15-16,24-25,32,40,45H,7-10,17-18H2,(H,38,39)/t32-/m0/s1. The molecular weight excluding hydrogens is 647 g/mol. The first kappa shape index (κ1) is 30.5. The predicted octanol–water partition coefficient (Wildman–Crippen LogP) is 7.34. The number of halogens is 3. The Morgan fingerprint density at radius 3 is 2.46 bits per heavy atom. The van der Waals surface area contributed by atoms with Crippen LogP contribution in [0.4, 0.5) is 17.1 Å². The molecule has 0 saturated carbocycles. The molecule has 46 heavy (non-hydrogen) atoms. The summed E-state index contributed by atoms with van der Waals surface area (Å²) in [5, 5.41) is 37.8. The number of aromatic nitrogens is 4. The van der Waals surface area contributed by atoms with Gasteiger partial charge >= 0.3 is 0 Å². The first-order valence-corrected chi connectivity index (χ1v) is 16.0. The van der Waals surface area contributed by atoms with Crippen LogP contribution in [-0.2, 0) is 4.74 Å². The molecular formula is C33H29Cl3N8O2. The summed E-state index contributed by atoms with van der Waals surface area (Å²) in [5.41, 5.74) is 4.31. The van der Waals surface area contributed by atoms with Gasteiger partial charge in [0.2, 0.25) is 0 Å². The first-order valence-electron chi connectivity index (χ1n) is 14.9. The number of rotatable bonds is 8. The van der Waals surface area contributed by atoms with E-state index < -0.39 is 6.04 Å². The maximum Gasteiger partial charge on any atom is 0.134 e. The molecule has 0 amide bonds. The molecule has 234 valence electrons. The van der Waals surface area contributed by atoms with E-state index in [1.165, 1.54) is 12.3 Å². The highest BCUT2D eigenvalue weighted by Gasteiger charge is 2.31. The van der Waals surface area contributed by atoms with E-state index in [-0.39, 0.29) is 16.8 Å². The molecule has 0 spiro atoms. The third-order valence-electron chi connectivity index (χ3n) is 8.61. The van der Waals surface area contributed by atoms with Gasteiger partial charge in [0.25, 0.3) is 0 Å². The van der Waals surface area contributed by atoms with Gasteiger partial charge in [-0.15, -0.1) is 5.10 Å². The normalized spacial score (nSPS) is 16.6. The highest BCUT2D eigenvalue weighted by Crippen LogP contribution is 2.38. The Morgan fingerprint density at radius 1 is 0.978 bits per heavy atom. The maximum atomic E-state index is 9.94. The fourth-order valence-electron chi connectivity index (χ4n) is 6.02. The van der Waals surface area contributed by atoms with Crippen LogP contribution in [0.1, 0.15) is 41.7 Å². The summed E-state index contributed by atoms with van der Waals surface area (Å²) in [6, 6.07) is 18.5. The average molecular weight is 676 g/mol. The molecule has 2 saturated heterocycles. The van der Waals surface area contributed by atoms with Gasteiger partial charge in [-0.05, 0) is 60.9 Å². The Hall–Kier alpha value is -4.11. The lowest BCUT2D eigenvalue weighted by molar-refractivity contribution is -0.0734. The number of likely N-dealkylation sites (tertiary alicyclic amines) is 1. The van der Waals surface area contributed by atoms with E-state index >= 15 is 0 Å². The minimum Gasteiger partial charge on any atom is -0.506 e. The van der Waals surface area contributed by atoms with Gasteiger partial charge in [0.05, 0.1) is 65.0 Å². The topological polar surface area (TPSA) is 124 Å². The van der Waals surface area contributed by atoms with E-state index in [1.54, 1.807) is 24.3 Å². The summed E-state index contributed by atoms with van der Waals surface area (Å²) < 4.78 is 7.37. The zero-order valence-corrected chi connectivity index (χ0v) is 26.8. The van der Waals surface area contributed by atoms with Crippen molar-refractivity contribution in [2.45, 2.75) is 31.0 Å². The molecule has 0 unspecified atom stereocenters. The van der Waals surface area contributed by atoms with E-state index in [0.717, 1.165) is 50.4 Å². The number of nitriles is 1. The molecule has 3 aromatic carbocycles. The number of hydrogen-bond acceptors (Lipinski definition) is 9. The molecule has 13 heteroatoms. The van der Waals surface area contributed by atoms with Crippen LogP contribution in [0.25, 0.3) is 10.9 Å². The Morgan fingerprint density at radius 2 is 1.76 bits per heavy atom. The second-order valence-electron chi connectivity index (χ2n) is 11.5. The summed E-state index contributed by atoms with van der Waals surface area (Å²) in [5.74, 6) is -0.0405. The number of fused-ring (bicyclic) bond motifs is 1. The molecule has 0 bridgehead atoms. The van der Waals surface area contributed by atoms with Gasteiger partial charge in [-0.1, -0.05) is 52.1 Å². The summed E-state index contributed by atoms with van der Waals surface area (Å²) >= 11 is 19.1. The van der Waals surface area contributed by atoms with Crippen LogP contribution >= 0.6 is 34.8 Å². The summed E-state index contributed by atoms with van der Waals surface area (Å²) in [6.07, 6.45) is 5.50. The van der Waals surface area contributed by atoms with Gasteiger partial charge in [0, 0.05) is 40.4 Å². The number of phenolic OH excluding ortho intramolecular Hbond substituents is 1. The van der Waals surface area contributed by atoms with Crippen LogP contribution in [0.2, 0.25) is 15.1 Å². The Labute approximate surface area is 280 Å². The van der Waals surface area contributed by atoms with Crippen LogP contribution in [-0.4, -0.2) is 62.3 Å². The van der Waals surface area contributed by atoms with Gasteiger partial charge < -0.3 is 20.5 Å². The van der Waals surface area contributed by atoms with E-state index in [4.69, 9.17) is 39.5 Å². The van der Waals surface area contributed by atoms with Crippen LogP contribution in [0.15, 0.2) is 67.0 Å². The fourth-order valence-corrected chi connectivity index (χ4v) is 6.54. The van der Waals surface area contributed by atoms with Crippen LogP contribution in [0.3, 0.4) is 0 Å². The van der Waals surface area contributed by atoms with Crippen LogP contribution in [0, 0.1) is 11.3 Å². The molecule has 10 nitrogen and oxygen atoms in total. The van der Waals surface area contributed by atoms with Gasteiger partial charge in [0.15, 0.2) is 0 Å². The van der Waals surface area contributed by atoms with Crippen molar-refractivity contribution in [2.24, 2.45) is 0 Å². The number of hydrogen-bond donors (Lipinski definition) is 3. The molecule has 2 aliphatic heterocycles. The van der Waals surface area contributed by atoms with Crippen LogP contribution < -0.4 is 10.6 Å². The summed E-state index contributed by atoms with van der Waals surface area (Å²) in [7, 11) is 0. The molecule has 3 N–H and O–H groups in total. The summed E-state index contributed by atoms with van der Waals surface area (Å²) in [4.78, 5) is 7.17. The van der Waals surface area contributed by atoms with Gasteiger partial charge in [-0.3, -0.25) is 9.88 Å². The van der Waals surface area contributed by atoms with E-state index in [2.05, 4.69) is 36.9 Å². The van der Waals surface area contributed by atoms with Gasteiger partial charge in [-0.25, -0.2) is 4.68 Å². The molecule has 5 aromatic rings. The van der Waals surface area contributed by atoms with Crippen molar-refractivity contribution in [1.82, 2.24) is 24.9 Å². The van der Waals surface area contributed by atoms with Crippen molar-refractivity contribution in [3.05, 3.63) is 98.9 Å². The van der Waals surface area contributed by atoms with Crippen molar-refractivity contribution in [2.75, 3.05) is 36.9 Å². The van der Waals surface area contributed by atoms with Crippen molar-refractivity contribution < 1.29 is 9.84 Å². The lowest BCUT2D eigenvalue weighted by Gasteiger charge is -2.41. The lowest BCUT2D eigenvalue weighted by atomic mass is 10.0. The molecule has 0 aliphatic carbocycles. The predicted molar refractivity (Wildman–Crippen MR) is 179 cm³/mol. The number of phenols is 1. The minimum atomic E-state index is -0.412. The van der Waals surface area contributed by atoms with Crippen molar-refractivity contribution >= 4 is 62.8 Å². The molecule has 2 aromatic heterocycles. The van der Waals surface area contributed by atoms with Gasteiger partial charge in [0.1, 0.15) is 17.5 Å². The Kier molecular flexibility index (Phi) is 8.60. The SMILES string of the molecule is N#Cc1cnc2c(N[C@@H](c3ccc(Cl)cc3)c3cn(C4CCN(C5COC5)CC4)nn3)cc(Cl)cc2c1Nc1ccc(O)c(Cl)c1. The first-order chi connectivity index (χ1) is 22.4. The second kappa shape index (κ2) is 12.9. The zero-order chi connectivity index (χ0) is 31.8. The number of piperidine rings is 1. The Balaban J connectivity index is 1.23. The smallest absolute Gasteiger partial charge is 0.134 e. The molecule has 7 rings (SSSR count). The number of nitrogens with zero attached hydrogens (tertiary/aromatic N) is 6. The highest BCUT2D eigenvalue weighted by atomic mass is 35.5. The second-order valence-corrected chi connectivity index (χ2v) is 12.8. The van der Waals surface area contributed by atoms with Crippen molar-refractivity contribution in [3.8, 4) is 11.8 Å². The minimum absolute atomic E-state index is 0.0405. The number of benzene rings is 3. The molecule has 1 atom stereocenters. The zero-order valence-electron chi connectivity index (χ0n) is 24.5. The van der Waals surface area contributed by atoms with Gasteiger partial charge in [-0.2, -0.15) is 5.26 Å². The van der Waals surface area contributed by atoms with Crippen molar-refractivity contribution in [3.63, 3.8) is 0 Å². The molecule has 0 radical (unpaired) electrons. The lowest BCUT2D eigenvalue weighted by Crippen LogP contribution is -2.51. The molecule has 2 fully saturated rings. The quantitative estimate of drug-likeness (QED) is 0.145. The Bertz CT molecular complexity index is 1930. The highest BCUT2D eigenvalue weighted by molar-refractivity contribution is 6.33. The number of nitrogens with one attached hydrogen (secondary N) is 2. The van der Waals surface area contributed by atoms with Crippen LogP contribution in [0.5, 0.6) is 5.75 Å². The average Bonchev–Trinajstić information content (AvgIpc) is 3.52. The van der Waals surface area contributed by atoms with Crippen molar-refractivity contribution in [1.29, 1.82) is 5.26 Å².